The molecule has 7 heteroatoms. The molecule has 0 spiro atoms. The standard InChI is InChI=1S/C21H22N4O3/c1-3-24-17-6-4-5-7-18(17)25(21(24)28)13-19(26)22-15-9-8-14-10-11-23(2)20(27)16(14)12-15/h4-9,12H,3,10-11,13H2,1-2H3,(H,22,26). The number of imidazole rings is 1. The van der Waals surface area contributed by atoms with Crippen molar-refractivity contribution in [3.05, 3.63) is 64.1 Å². The molecule has 2 aromatic carbocycles. The molecule has 0 atom stereocenters. The van der Waals surface area contributed by atoms with Gasteiger partial charge in [0, 0.05) is 31.4 Å². The molecule has 0 fully saturated rings. The summed E-state index contributed by atoms with van der Waals surface area (Å²) in [6, 6.07) is 12.8. The molecule has 1 N–H and O–H groups in total. The molecule has 1 aliphatic rings. The first-order chi connectivity index (χ1) is 13.5. The van der Waals surface area contributed by atoms with Crippen molar-refractivity contribution < 1.29 is 9.59 Å². The molecule has 7 nitrogen and oxygen atoms in total. The highest BCUT2D eigenvalue weighted by Crippen LogP contribution is 2.22. The lowest BCUT2D eigenvalue weighted by molar-refractivity contribution is -0.116. The number of hydrogen-bond donors (Lipinski definition) is 1. The molecule has 3 aromatic rings. The third kappa shape index (κ3) is 2.98. The van der Waals surface area contributed by atoms with Crippen molar-refractivity contribution in [1.82, 2.24) is 14.0 Å². The molecule has 1 aromatic heterocycles. The Labute approximate surface area is 162 Å². The van der Waals surface area contributed by atoms with Crippen LogP contribution >= 0.6 is 0 Å². The zero-order chi connectivity index (χ0) is 19.8. The Hall–Kier alpha value is -3.35. The molecule has 0 aliphatic carbocycles. The summed E-state index contributed by atoms with van der Waals surface area (Å²) in [7, 11) is 1.77. The van der Waals surface area contributed by atoms with Crippen molar-refractivity contribution in [2.45, 2.75) is 26.4 Å². The molecule has 0 bridgehead atoms. The number of aryl methyl sites for hydroxylation is 1. The highest BCUT2D eigenvalue weighted by molar-refractivity contribution is 5.99. The van der Waals surface area contributed by atoms with Gasteiger partial charge in [0.1, 0.15) is 6.54 Å². The summed E-state index contributed by atoms with van der Waals surface area (Å²) in [6.07, 6.45) is 0.803. The second-order valence-electron chi connectivity index (χ2n) is 7.00. The number of carbonyl (C=O) groups excluding carboxylic acids is 2. The largest absolute Gasteiger partial charge is 0.341 e. The summed E-state index contributed by atoms with van der Waals surface area (Å²) in [6.45, 7) is 3.05. The van der Waals surface area contributed by atoms with E-state index in [9.17, 15) is 14.4 Å². The van der Waals surface area contributed by atoms with E-state index in [-0.39, 0.29) is 24.0 Å². The van der Waals surface area contributed by atoms with Gasteiger partial charge in [0.25, 0.3) is 5.91 Å². The van der Waals surface area contributed by atoms with Gasteiger partial charge in [-0.1, -0.05) is 18.2 Å². The van der Waals surface area contributed by atoms with E-state index >= 15 is 0 Å². The predicted octanol–water partition coefficient (Wildman–Crippen LogP) is 2.09. The molecular formula is C21H22N4O3. The molecule has 0 saturated carbocycles. The molecule has 28 heavy (non-hydrogen) atoms. The molecule has 144 valence electrons. The van der Waals surface area contributed by atoms with Crippen LogP contribution in [0.15, 0.2) is 47.3 Å². The highest BCUT2D eigenvalue weighted by Gasteiger charge is 2.22. The maximum Gasteiger partial charge on any atom is 0.329 e. The zero-order valence-corrected chi connectivity index (χ0v) is 15.9. The van der Waals surface area contributed by atoms with E-state index in [1.807, 2.05) is 37.3 Å². The van der Waals surface area contributed by atoms with Crippen LogP contribution in [-0.4, -0.2) is 39.4 Å². The van der Waals surface area contributed by atoms with E-state index < -0.39 is 0 Å². The first kappa shape index (κ1) is 18.0. The summed E-state index contributed by atoms with van der Waals surface area (Å²) in [4.78, 5) is 39.3. The van der Waals surface area contributed by atoms with Crippen LogP contribution in [0.2, 0.25) is 0 Å². The average Bonchev–Trinajstić information content (AvgIpc) is 2.96. The van der Waals surface area contributed by atoms with Crippen LogP contribution in [0.5, 0.6) is 0 Å². The van der Waals surface area contributed by atoms with E-state index in [2.05, 4.69) is 5.32 Å². The molecule has 2 heterocycles. The van der Waals surface area contributed by atoms with Crippen molar-refractivity contribution in [2.24, 2.45) is 0 Å². The van der Waals surface area contributed by atoms with Gasteiger partial charge in [-0.25, -0.2) is 4.79 Å². The van der Waals surface area contributed by atoms with Crippen molar-refractivity contribution in [3.8, 4) is 0 Å². The van der Waals surface area contributed by atoms with Gasteiger partial charge in [-0.2, -0.15) is 0 Å². The first-order valence-electron chi connectivity index (χ1n) is 9.36. The Morgan fingerprint density at radius 2 is 1.79 bits per heavy atom. The number of benzene rings is 2. The number of aromatic nitrogens is 2. The van der Waals surface area contributed by atoms with E-state index in [4.69, 9.17) is 0 Å². The van der Waals surface area contributed by atoms with Gasteiger partial charge in [-0.3, -0.25) is 18.7 Å². The Bertz CT molecular complexity index is 1140. The number of nitrogens with one attached hydrogen (secondary N) is 1. The smallest absolute Gasteiger partial charge is 0.329 e. The number of para-hydroxylation sites is 2. The molecule has 1 aliphatic heterocycles. The number of likely N-dealkylation sites (N-methyl/N-ethyl adjacent to an activating group) is 1. The van der Waals surface area contributed by atoms with E-state index in [1.165, 1.54) is 4.57 Å². The fourth-order valence-corrected chi connectivity index (χ4v) is 3.74. The second kappa shape index (κ2) is 6.99. The van der Waals surface area contributed by atoms with Gasteiger partial charge in [-0.05, 0) is 43.2 Å². The predicted molar refractivity (Wildman–Crippen MR) is 108 cm³/mol. The van der Waals surface area contributed by atoms with Crippen LogP contribution in [0.1, 0.15) is 22.8 Å². The minimum atomic E-state index is -0.308. The van der Waals surface area contributed by atoms with Gasteiger partial charge >= 0.3 is 5.69 Å². The summed E-state index contributed by atoms with van der Waals surface area (Å²) >= 11 is 0. The lowest BCUT2D eigenvalue weighted by Gasteiger charge is -2.25. The molecule has 0 unspecified atom stereocenters. The van der Waals surface area contributed by atoms with Crippen molar-refractivity contribution in [1.29, 1.82) is 0 Å². The third-order valence-electron chi connectivity index (χ3n) is 5.23. The van der Waals surface area contributed by atoms with Crippen molar-refractivity contribution >= 4 is 28.5 Å². The lowest BCUT2D eigenvalue weighted by atomic mass is 9.99. The number of carbonyl (C=O) groups is 2. The lowest BCUT2D eigenvalue weighted by Crippen LogP contribution is -2.34. The van der Waals surface area contributed by atoms with Crippen LogP contribution in [0.25, 0.3) is 11.0 Å². The van der Waals surface area contributed by atoms with Crippen molar-refractivity contribution in [3.63, 3.8) is 0 Å². The first-order valence-corrected chi connectivity index (χ1v) is 9.36. The van der Waals surface area contributed by atoms with Gasteiger partial charge in [0.2, 0.25) is 5.91 Å². The van der Waals surface area contributed by atoms with Gasteiger partial charge in [-0.15, -0.1) is 0 Å². The monoisotopic (exact) mass is 378 g/mol. The van der Waals surface area contributed by atoms with Gasteiger partial charge in [0.05, 0.1) is 11.0 Å². The van der Waals surface area contributed by atoms with Crippen LogP contribution in [0.3, 0.4) is 0 Å². The summed E-state index contributed by atoms with van der Waals surface area (Å²) < 4.78 is 3.13. The summed E-state index contributed by atoms with van der Waals surface area (Å²) in [5.41, 5.74) is 3.49. The van der Waals surface area contributed by atoms with Crippen LogP contribution < -0.4 is 11.0 Å². The van der Waals surface area contributed by atoms with Gasteiger partial charge < -0.3 is 10.2 Å². The summed E-state index contributed by atoms with van der Waals surface area (Å²) in [5, 5.41) is 2.82. The van der Waals surface area contributed by atoms with E-state index in [1.54, 1.807) is 28.6 Å². The number of amides is 2. The third-order valence-corrected chi connectivity index (χ3v) is 5.23. The number of rotatable bonds is 4. The maximum absolute atomic E-state index is 12.7. The normalized spacial score (nSPS) is 13.6. The van der Waals surface area contributed by atoms with E-state index in [0.717, 1.165) is 23.0 Å². The SMILES string of the molecule is CCn1c(=O)n(CC(=O)Nc2ccc3c(c2)C(=O)N(C)CC3)c2ccccc21. The number of hydrogen-bond acceptors (Lipinski definition) is 3. The molecule has 4 rings (SSSR count). The topological polar surface area (TPSA) is 76.3 Å². The fraction of sp³-hybridized carbons (Fsp3) is 0.286. The van der Waals surface area contributed by atoms with Crippen LogP contribution in [0, 0.1) is 0 Å². The number of fused-ring (bicyclic) bond motifs is 2. The van der Waals surface area contributed by atoms with Crippen molar-refractivity contribution in [2.75, 3.05) is 18.9 Å². The van der Waals surface area contributed by atoms with Gasteiger partial charge in [0.15, 0.2) is 0 Å². The average molecular weight is 378 g/mol. The number of nitrogens with zero attached hydrogens (tertiary/aromatic N) is 3. The maximum atomic E-state index is 12.7. The fourth-order valence-electron chi connectivity index (χ4n) is 3.74. The minimum absolute atomic E-state index is 0.0421. The highest BCUT2D eigenvalue weighted by atomic mass is 16.2. The van der Waals surface area contributed by atoms with Crippen LogP contribution in [-0.2, 0) is 24.3 Å². The minimum Gasteiger partial charge on any atom is -0.341 e. The molecular weight excluding hydrogens is 356 g/mol. The van der Waals surface area contributed by atoms with Crippen LogP contribution in [0.4, 0.5) is 5.69 Å². The molecule has 2 amide bonds. The number of anilines is 1. The molecule has 0 radical (unpaired) electrons. The Morgan fingerprint density at radius 1 is 1.07 bits per heavy atom. The zero-order valence-electron chi connectivity index (χ0n) is 15.9. The summed E-state index contributed by atoms with van der Waals surface area (Å²) in [5.74, 6) is -0.350. The van der Waals surface area contributed by atoms with E-state index in [0.29, 0.717) is 24.3 Å². The Balaban J connectivity index is 1.60. The molecule has 0 saturated heterocycles. The quantitative estimate of drug-likeness (QED) is 0.755. The second-order valence-corrected chi connectivity index (χ2v) is 7.00. The Morgan fingerprint density at radius 3 is 2.50 bits per heavy atom. The Kier molecular flexibility index (Phi) is 4.50.